The Morgan fingerprint density at radius 2 is 1.67 bits per heavy atom. The predicted molar refractivity (Wildman–Crippen MR) is 120 cm³/mol. The van der Waals surface area contributed by atoms with Crippen molar-refractivity contribution in [3.63, 3.8) is 0 Å². The van der Waals surface area contributed by atoms with Crippen molar-refractivity contribution < 1.29 is 24.3 Å². The molecular weight excluding hydrogens is 426 g/mol. The van der Waals surface area contributed by atoms with E-state index in [1.165, 1.54) is 16.7 Å². The molecule has 0 saturated carbocycles. The Kier molecular flexibility index (Phi) is 8.04. The average molecular weight is 460 g/mol. The minimum absolute atomic E-state index is 0.325. The fourth-order valence-corrected chi connectivity index (χ4v) is 4.51. The first-order valence-corrected chi connectivity index (χ1v) is 11.4. The fourth-order valence-electron chi connectivity index (χ4n) is 4.51. The summed E-state index contributed by atoms with van der Waals surface area (Å²) in [7, 11) is 0. The second-order valence-corrected chi connectivity index (χ2v) is 8.81. The Bertz CT molecular complexity index is 879. The summed E-state index contributed by atoms with van der Waals surface area (Å²) in [5.74, 6) is -1.99. The van der Waals surface area contributed by atoms with Crippen molar-refractivity contribution in [2.24, 2.45) is 11.5 Å². The average Bonchev–Trinajstić information content (AvgIpc) is 3.48. The maximum Gasteiger partial charge on any atom is 0.253 e. The van der Waals surface area contributed by atoms with E-state index in [0.717, 1.165) is 5.56 Å². The summed E-state index contributed by atoms with van der Waals surface area (Å²) in [6, 6.07) is 6.21. The van der Waals surface area contributed by atoms with Gasteiger partial charge in [-0.25, -0.2) is 0 Å². The maximum atomic E-state index is 13.3. The highest BCUT2D eigenvalue weighted by molar-refractivity contribution is 5.95. The number of nitrogens with one attached hydrogen (secondary N) is 1. The van der Waals surface area contributed by atoms with Crippen molar-refractivity contribution in [1.82, 2.24) is 15.1 Å². The first kappa shape index (κ1) is 24.7. The Morgan fingerprint density at radius 3 is 2.30 bits per heavy atom. The molecule has 180 valence electrons. The molecule has 3 rings (SSSR count). The number of aliphatic hydroxyl groups excluding tert-OH is 1. The first-order valence-electron chi connectivity index (χ1n) is 11.4. The standard InChI is InChI=1S/C23H33N5O5/c1-14(20(25)30)26-21(31)17-9-5-11-27(17)22(32)18-10-6-12-28(18)23(33)19(29)16(24)13-15-7-3-2-4-8-15/h2-4,7-8,14,16-19,29H,5-6,9-13,24H2,1H3,(H2,25,30)(H,26,31)/t14-,16+,17?,18-,19-/m0/s1. The summed E-state index contributed by atoms with van der Waals surface area (Å²) >= 11 is 0. The van der Waals surface area contributed by atoms with E-state index in [0.29, 0.717) is 45.2 Å². The quantitative estimate of drug-likeness (QED) is 0.386. The third-order valence-corrected chi connectivity index (χ3v) is 6.42. The Labute approximate surface area is 193 Å². The van der Waals surface area contributed by atoms with E-state index in [1.54, 1.807) is 0 Å². The van der Waals surface area contributed by atoms with Crippen molar-refractivity contribution in [1.29, 1.82) is 0 Å². The number of benzene rings is 1. The van der Waals surface area contributed by atoms with Gasteiger partial charge in [-0.1, -0.05) is 30.3 Å². The van der Waals surface area contributed by atoms with Crippen molar-refractivity contribution in [3.05, 3.63) is 35.9 Å². The topological polar surface area (TPSA) is 159 Å². The highest BCUT2D eigenvalue weighted by atomic mass is 16.3. The molecule has 1 unspecified atom stereocenters. The summed E-state index contributed by atoms with van der Waals surface area (Å²) in [4.78, 5) is 53.1. The Hall–Kier alpha value is -2.98. The number of nitrogens with two attached hydrogens (primary N) is 2. The van der Waals surface area contributed by atoms with Crippen LogP contribution in [-0.4, -0.2) is 81.9 Å². The van der Waals surface area contributed by atoms with Gasteiger partial charge in [0, 0.05) is 19.1 Å². The molecule has 6 N–H and O–H groups in total. The number of hydrogen-bond acceptors (Lipinski definition) is 6. The molecule has 2 saturated heterocycles. The predicted octanol–water partition coefficient (Wildman–Crippen LogP) is -1.11. The van der Waals surface area contributed by atoms with Gasteiger partial charge in [0.1, 0.15) is 24.2 Å². The van der Waals surface area contributed by atoms with Gasteiger partial charge in [0.25, 0.3) is 5.91 Å². The van der Waals surface area contributed by atoms with E-state index < -0.39 is 48.0 Å². The van der Waals surface area contributed by atoms with Crippen LogP contribution in [0.2, 0.25) is 0 Å². The van der Waals surface area contributed by atoms with Gasteiger partial charge in [-0.15, -0.1) is 0 Å². The summed E-state index contributed by atoms with van der Waals surface area (Å²) in [5.41, 5.74) is 12.2. The molecule has 0 bridgehead atoms. The monoisotopic (exact) mass is 459 g/mol. The third kappa shape index (κ3) is 5.69. The van der Waals surface area contributed by atoms with Crippen molar-refractivity contribution >= 4 is 23.6 Å². The zero-order valence-corrected chi connectivity index (χ0v) is 18.9. The molecule has 0 aromatic heterocycles. The zero-order chi connectivity index (χ0) is 24.1. The van der Waals surface area contributed by atoms with E-state index in [9.17, 15) is 24.3 Å². The summed E-state index contributed by atoms with van der Waals surface area (Å²) < 4.78 is 0. The lowest BCUT2D eigenvalue weighted by atomic mass is 10.0. The third-order valence-electron chi connectivity index (χ3n) is 6.42. The first-order chi connectivity index (χ1) is 15.7. The molecule has 2 fully saturated rings. The molecule has 2 aliphatic rings. The summed E-state index contributed by atoms with van der Waals surface area (Å²) in [6.45, 7) is 2.21. The van der Waals surface area contributed by atoms with Crippen molar-refractivity contribution in [2.75, 3.05) is 13.1 Å². The van der Waals surface area contributed by atoms with Gasteiger partial charge in [-0.2, -0.15) is 0 Å². The molecule has 1 aromatic carbocycles. The SMILES string of the molecule is C[C@H](NC(=O)C1CCCN1C(=O)[C@@H]1CCCN1C(=O)[C@@H](O)[C@H](N)Cc1ccccc1)C(N)=O. The molecule has 5 atom stereocenters. The van der Waals surface area contributed by atoms with Gasteiger partial charge in [-0.3, -0.25) is 19.2 Å². The minimum Gasteiger partial charge on any atom is -0.382 e. The molecular formula is C23H33N5O5. The maximum absolute atomic E-state index is 13.3. The van der Waals surface area contributed by atoms with Crippen LogP contribution in [0.15, 0.2) is 30.3 Å². The number of likely N-dealkylation sites (tertiary alicyclic amines) is 2. The molecule has 2 heterocycles. The molecule has 0 radical (unpaired) electrons. The van der Waals surface area contributed by atoms with E-state index in [-0.39, 0.29) is 5.91 Å². The van der Waals surface area contributed by atoms with Crippen LogP contribution in [0.25, 0.3) is 0 Å². The molecule has 33 heavy (non-hydrogen) atoms. The van der Waals surface area contributed by atoms with Crippen molar-refractivity contribution in [3.8, 4) is 0 Å². The minimum atomic E-state index is -1.44. The largest absolute Gasteiger partial charge is 0.382 e. The van der Waals surface area contributed by atoms with E-state index in [2.05, 4.69) is 5.32 Å². The van der Waals surface area contributed by atoms with E-state index in [1.807, 2.05) is 30.3 Å². The van der Waals surface area contributed by atoms with E-state index >= 15 is 0 Å². The lowest BCUT2D eigenvalue weighted by Gasteiger charge is -2.33. The van der Waals surface area contributed by atoms with Crippen LogP contribution >= 0.6 is 0 Å². The van der Waals surface area contributed by atoms with Crippen LogP contribution in [0.3, 0.4) is 0 Å². The van der Waals surface area contributed by atoms with Gasteiger partial charge in [0.2, 0.25) is 17.7 Å². The van der Waals surface area contributed by atoms with Gasteiger partial charge >= 0.3 is 0 Å². The van der Waals surface area contributed by atoms with Crippen LogP contribution in [0.4, 0.5) is 0 Å². The molecule has 0 aliphatic carbocycles. The van der Waals surface area contributed by atoms with Gasteiger partial charge in [0.15, 0.2) is 0 Å². The number of nitrogens with zero attached hydrogens (tertiary/aromatic N) is 2. The normalized spacial score (nSPS) is 23.1. The molecule has 4 amide bonds. The number of amides is 4. The highest BCUT2D eigenvalue weighted by Crippen LogP contribution is 2.26. The summed E-state index contributed by atoms with van der Waals surface area (Å²) in [5, 5.41) is 13.2. The van der Waals surface area contributed by atoms with Gasteiger partial charge in [0.05, 0.1) is 0 Å². The Balaban J connectivity index is 1.65. The number of carbonyl (C=O) groups excluding carboxylic acids is 4. The number of hydrogen-bond donors (Lipinski definition) is 4. The second-order valence-electron chi connectivity index (χ2n) is 8.81. The lowest BCUT2D eigenvalue weighted by molar-refractivity contribution is -0.151. The van der Waals surface area contributed by atoms with Gasteiger partial charge < -0.3 is 31.7 Å². The van der Waals surface area contributed by atoms with Crippen LogP contribution in [-0.2, 0) is 25.6 Å². The molecule has 2 aliphatic heterocycles. The van der Waals surface area contributed by atoms with Crippen LogP contribution in [0, 0.1) is 0 Å². The molecule has 10 nitrogen and oxygen atoms in total. The lowest BCUT2D eigenvalue weighted by Crippen LogP contribution is -2.57. The number of aliphatic hydroxyl groups is 1. The van der Waals surface area contributed by atoms with Crippen LogP contribution < -0.4 is 16.8 Å². The molecule has 1 aromatic rings. The highest BCUT2D eigenvalue weighted by Gasteiger charge is 2.44. The van der Waals surface area contributed by atoms with Crippen LogP contribution in [0.5, 0.6) is 0 Å². The molecule has 10 heteroatoms. The molecule has 0 spiro atoms. The zero-order valence-electron chi connectivity index (χ0n) is 18.9. The fraction of sp³-hybridized carbons (Fsp3) is 0.565. The number of rotatable bonds is 8. The van der Waals surface area contributed by atoms with Gasteiger partial charge in [-0.05, 0) is 44.6 Å². The second kappa shape index (κ2) is 10.8. The summed E-state index contributed by atoms with van der Waals surface area (Å²) in [6.07, 6.45) is 1.06. The van der Waals surface area contributed by atoms with Crippen molar-refractivity contribution in [2.45, 2.75) is 69.3 Å². The Morgan fingerprint density at radius 1 is 1.06 bits per heavy atom. The number of primary amides is 1. The number of carbonyl (C=O) groups is 4. The van der Waals surface area contributed by atoms with Crippen LogP contribution in [0.1, 0.15) is 38.2 Å². The smallest absolute Gasteiger partial charge is 0.253 e. The van der Waals surface area contributed by atoms with E-state index in [4.69, 9.17) is 11.5 Å².